The zero-order valence-electron chi connectivity index (χ0n) is 17.5. The molecular formula is C15H30N4O8P2. The second-order valence-electron chi connectivity index (χ2n) is 5.57. The summed E-state index contributed by atoms with van der Waals surface area (Å²) in [6.45, 7) is 9.27. The lowest BCUT2D eigenvalue weighted by Crippen LogP contribution is -2.44. The molecule has 14 heteroatoms. The van der Waals surface area contributed by atoms with Crippen molar-refractivity contribution in [3.63, 3.8) is 0 Å². The second-order valence-corrected chi connectivity index (χ2v) is 9.40. The van der Waals surface area contributed by atoms with Gasteiger partial charge < -0.3 is 28.3 Å². The summed E-state index contributed by atoms with van der Waals surface area (Å²) in [5.74, 6) is -0.297. The van der Waals surface area contributed by atoms with E-state index >= 15 is 0 Å². The van der Waals surface area contributed by atoms with Crippen molar-refractivity contribution in [2.45, 2.75) is 54.0 Å². The Kier molecular flexibility index (Phi) is 10.3. The Balaban J connectivity index is 3.79. The van der Waals surface area contributed by atoms with E-state index in [2.05, 4.69) is 15.0 Å². The first kappa shape index (κ1) is 26.1. The smallest absolute Gasteiger partial charge is 0.374 e. The third-order valence-electron chi connectivity index (χ3n) is 3.32. The SMILES string of the molecule is CCOP(=O)(OCC)c1nc(N(C(C)O)C(C)O)nc(P(=O)(OCC)OCC)n1. The summed E-state index contributed by atoms with van der Waals surface area (Å²) in [6, 6.07) is 0. The molecule has 1 rings (SSSR count). The molecule has 0 amide bonds. The summed E-state index contributed by atoms with van der Waals surface area (Å²) in [5.41, 5.74) is -0.876. The quantitative estimate of drug-likeness (QED) is 0.323. The first-order valence-electron chi connectivity index (χ1n) is 9.28. The van der Waals surface area contributed by atoms with Gasteiger partial charge in [0, 0.05) is 0 Å². The molecule has 0 spiro atoms. The van der Waals surface area contributed by atoms with Crippen LogP contribution in [0.3, 0.4) is 0 Å². The van der Waals surface area contributed by atoms with Gasteiger partial charge in [-0.1, -0.05) is 0 Å². The number of aromatic nitrogens is 3. The number of aliphatic hydroxyl groups excluding tert-OH is 2. The van der Waals surface area contributed by atoms with Crippen LogP contribution in [0.15, 0.2) is 0 Å². The van der Waals surface area contributed by atoms with Crippen molar-refractivity contribution in [1.29, 1.82) is 0 Å². The van der Waals surface area contributed by atoms with Crippen LogP contribution in [-0.2, 0) is 27.2 Å². The van der Waals surface area contributed by atoms with Crippen LogP contribution in [0, 0.1) is 0 Å². The van der Waals surface area contributed by atoms with Gasteiger partial charge in [0.1, 0.15) is 12.5 Å². The Labute approximate surface area is 170 Å². The van der Waals surface area contributed by atoms with Gasteiger partial charge in [-0.05, 0) is 41.5 Å². The maximum atomic E-state index is 13.2. The highest BCUT2D eigenvalue weighted by Gasteiger charge is 2.39. The number of rotatable bonds is 13. The molecule has 0 saturated carbocycles. The minimum absolute atomic E-state index is 0.0265. The Morgan fingerprint density at radius 1 is 0.759 bits per heavy atom. The van der Waals surface area contributed by atoms with Crippen molar-refractivity contribution in [2.75, 3.05) is 31.3 Å². The molecule has 0 bridgehead atoms. The highest BCUT2D eigenvalue weighted by molar-refractivity contribution is 7.62. The molecular weight excluding hydrogens is 426 g/mol. The molecule has 0 fully saturated rings. The average Bonchev–Trinajstić information content (AvgIpc) is 2.61. The van der Waals surface area contributed by atoms with E-state index in [1.165, 1.54) is 13.8 Å². The van der Waals surface area contributed by atoms with Crippen LogP contribution in [0.4, 0.5) is 5.95 Å². The number of hydrogen-bond donors (Lipinski definition) is 2. The van der Waals surface area contributed by atoms with Crippen LogP contribution in [0.1, 0.15) is 41.5 Å². The maximum Gasteiger partial charge on any atom is 0.398 e. The average molecular weight is 456 g/mol. The van der Waals surface area contributed by atoms with E-state index < -0.39 is 38.8 Å². The van der Waals surface area contributed by atoms with E-state index in [-0.39, 0.29) is 32.4 Å². The van der Waals surface area contributed by atoms with Crippen molar-refractivity contribution in [3.8, 4) is 0 Å². The van der Waals surface area contributed by atoms with Crippen LogP contribution >= 0.6 is 15.2 Å². The second kappa shape index (κ2) is 11.4. The molecule has 2 atom stereocenters. The summed E-state index contributed by atoms with van der Waals surface area (Å²) in [5, 5.41) is 20.1. The van der Waals surface area contributed by atoms with Gasteiger partial charge in [0.2, 0.25) is 17.1 Å². The van der Waals surface area contributed by atoms with Crippen molar-refractivity contribution < 1.29 is 37.4 Å². The highest BCUT2D eigenvalue weighted by atomic mass is 31.2. The lowest BCUT2D eigenvalue weighted by Gasteiger charge is -2.29. The molecule has 2 N–H and O–H groups in total. The van der Waals surface area contributed by atoms with Gasteiger partial charge in [-0.3, -0.25) is 14.0 Å². The van der Waals surface area contributed by atoms with E-state index in [1.807, 2.05) is 0 Å². The summed E-state index contributed by atoms with van der Waals surface area (Å²) in [7, 11) is -8.04. The fourth-order valence-corrected chi connectivity index (χ4v) is 5.24. The highest BCUT2D eigenvalue weighted by Crippen LogP contribution is 2.48. The first-order valence-corrected chi connectivity index (χ1v) is 12.4. The van der Waals surface area contributed by atoms with Gasteiger partial charge in [-0.15, -0.1) is 0 Å². The van der Waals surface area contributed by atoms with Crippen molar-refractivity contribution in [3.05, 3.63) is 0 Å². The number of anilines is 1. The van der Waals surface area contributed by atoms with Crippen LogP contribution < -0.4 is 16.0 Å². The van der Waals surface area contributed by atoms with Gasteiger partial charge in [0.05, 0.1) is 26.4 Å². The van der Waals surface area contributed by atoms with Crippen molar-refractivity contribution in [1.82, 2.24) is 15.0 Å². The number of nitrogens with zero attached hydrogens (tertiary/aromatic N) is 4. The molecule has 1 aromatic heterocycles. The normalized spacial score (nSPS) is 14.6. The Hall–Kier alpha value is -0.970. The predicted octanol–water partition coefficient (Wildman–Crippen LogP) is 1.14. The van der Waals surface area contributed by atoms with Gasteiger partial charge in [-0.25, -0.2) is 0 Å². The van der Waals surface area contributed by atoms with E-state index in [9.17, 15) is 19.3 Å². The zero-order valence-corrected chi connectivity index (χ0v) is 19.3. The standard InChI is InChI=1S/C15H30N4O8P2/c1-7-24-28(22,25-8-2)14-16-13(19(11(5)20)12(6)21)17-15(18-14)29(23,26-9-3)27-10-4/h11-12,20-21H,7-10H2,1-6H3. The van der Waals surface area contributed by atoms with Crippen LogP contribution in [0.2, 0.25) is 0 Å². The van der Waals surface area contributed by atoms with Gasteiger partial charge in [0.25, 0.3) is 0 Å². The Morgan fingerprint density at radius 2 is 1.07 bits per heavy atom. The molecule has 0 aliphatic carbocycles. The Morgan fingerprint density at radius 3 is 1.31 bits per heavy atom. The predicted molar refractivity (Wildman–Crippen MR) is 107 cm³/mol. The van der Waals surface area contributed by atoms with Crippen molar-refractivity contribution in [2.24, 2.45) is 0 Å². The molecule has 168 valence electrons. The van der Waals surface area contributed by atoms with Crippen LogP contribution in [-0.4, -0.2) is 64.0 Å². The van der Waals surface area contributed by atoms with E-state index in [1.54, 1.807) is 27.7 Å². The molecule has 0 saturated heterocycles. The van der Waals surface area contributed by atoms with Gasteiger partial charge in [0.15, 0.2) is 0 Å². The van der Waals surface area contributed by atoms with Gasteiger partial charge >= 0.3 is 15.2 Å². The molecule has 1 aromatic rings. The molecule has 2 unspecified atom stereocenters. The van der Waals surface area contributed by atoms with E-state index in [0.29, 0.717) is 0 Å². The fourth-order valence-electron chi connectivity index (χ4n) is 2.34. The minimum Gasteiger partial charge on any atom is -0.374 e. The number of hydrogen-bond acceptors (Lipinski definition) is 12. The molecule has 0 radical (unpaired) electrons. The number of aliphatic hydroxyl groups is 2. The van der Waals surface area contributed by atoms with E-state index in [4.69, 9.17) is 18.1 Å². The van der Waals surface area contributed by atoms with Crippen LogP contribution in [0.25, 0.3) is 0 Å². The van der Waals surface area contributed by atoms with Gasteiger partial charge in [-0.2, -0.15) is 15.0 Å². The minimum atomic E-state index is -4.02. The fraction of sp³-hybridized carbons (Fsp3) is 0.800. The van der Waals surface area contributed by atoms with Crippen LogP contribution in [0.5, 0.6) is 0 Å². The summed E-state index contributed by atoms with van der Waals surface area (Å²) >= 11 is 0. The summed E-state index contributed by atoms with van der Waals surface area (Å²) in [4.78, 5) is 13.1. The zero-order chi connectivity index (χ0) is 22.2. The molecule has 12 nitrogen and oxygen atoms in total. The molecule has 0 aromatic carbocycles. The summed E-state index contributed by atoms with van der Waals surface area (Å²) in [6.07, 6.45) is -2.48. The molecule has 0 aliphatic heterocycles. The monoisotopic (exact) mass is 456 g/mol. The third kappa shape index (κ3) is 6.50. The largest absolute Gasteiger partial charge is 0.398 e. The maximum absolute atomic E-state index is 13.2. The first-order chi connectivity index (χ1) is 13.6. The molecule has 29 heavy (non-hydrogen) atoms. The Bertz CT molecular complexity index is 673. The lowest BCUT2D eigenvalue weighted by molar-refractivity contribution is 0.102. The molecule has 1 heterocycles. The topological polar surface area (TPSA) is 153 Å². The van der Waals surface area contributed by atoms with Crippen molar-refractivity contribution >= 4 is 32.3 Å². The summed E-state index contributed by atoms with van der Waals surface area (Å²) < 4.78 is 47.5. The molecule has 0 aliphatic rings. The third-order valence-corrected chi connectivity index (χ3v) is 7.09. The lowest BCUT2D eigenvalue weighted by atomic mass is 10.4. The van der Waals surface area contributed by atoms with E-state index in [0.717, 1.165) is 4.90 Å².